The Labute approximate surface area is 183 Å². The normalized spacial score (nSPS) is 11.6. The van der Waals surface area contributed by atoms with E-state index in [2.05, 4.69) is 20.3 Å². The topological polar surface area (TPSA) is 82.6 Å². The van der Waals surface area contributed by atoms with Crippen molar-refractivity contribution >= 4 is 40.0 Å². The van der Waals surface area contributed by atoms with Crippen molar-refractivity contribution in [2.24, 2.45) is 4.99 Å². The smallest absolute Gasteiger partial charge is 0.213 e. The van der Waals surface area contributed by atoms with E-state index in [1.54, 1.807) is 25.2 Å². The Hall–Kier alpha value is -1.72. The monoisotopic (exact) mass is 520 g/mol. The van der Waals surface area contributed by atoms with Gasteiger partial charge in [0.1, 0.15) is 5.82 Å². The lowest BCUT2D eigenvalue weighted by Gasteiger charge is -2.12. The van der Waals surface area contributed by atoms with E-state index in [-0.39, 0.29) is 48.6 Å². The van der Waals surface area contributed by atoms with Crippen molar-refractivity contribution in [3.63, 3.8) is 0 Å². The average Bonchev–Trinajstić information content (AvgIpc) is 2.67. The number of guanidine groups is 1. The summed E-state index contributed by atoms with van der Waals surface area (Å²) in [4.78, 5) is 4.04. The van der Waals surface area contributed by atoms with Gasteiger partial charge in [-0.2, -0.15) is 0 Å². The van der Waals surface area contributed by atoms with Crippen molar-refractivity contribution in [3.8, 4) is 0 Å². The quantitative estimate of drug-likeness (QED) is 0.269. The molecule has 6 nitrogen and oxygen atoms in total. The van der Waals surface area contributed by atoms with E-state index < -0.39 is 10.0 Å². The Bertz CT molecular complexity index is 848. The van der Waals surface area contributed by atoms with Gasteiger partial charge in [-0.1, -0.05) is 48.5 Å². The van der Waals surface area contributed by atoms with Crippen LogP contribution in [-0.2, 0) is 23.0 Å². The highest BCUT2D eigenvalue weighted by molar-refractivity contribution is 14.0. The van der Waals surface area contributed by atoms with Crippen LogP contribution < -0.4 is 15.4 Å². The minimum Gasteiger partial charge on any atom is -0.356 e. The number of nitrogens with one attached hydrogen (secondary N) is 3. The molecule has 0 aliphatic carbocycles. The maximum Gasteiger partial charge on any atom is 0.213 e. The van der Waals surface area contributed by atoms with Gasteiger partial charge in [-0.05, 0) is 23.6 Å². The summed E-state index contributed by atoms with van der Waals surface area (Å²) in [5, 5.41) is 6.00. The van der Waals surface area contributed by atoms with E-state index in [9.17, 15) is 12.8 Å². The summed E-state index contributed by atoms with van der Waals surface area (Å²) in [6, 6.07) is 15.9. The highest BCUT2D eigenvalue weighted by Crippen LogP contribution is 2.06. The fourth-order valence-electron chi connectivity index (χ4n) is 2.40. The van der Waals surface area contributed by atoms with Gasteiger partial charge < -0.3 is 10.6 Å². The third-order valence-electron chi connectivity index (χ3n) is 3.87. The van der Waals surface area contributed by atoms with E-state index >= 15 is 0 Å². The Balaban J connectivity index is 0.00000392. The van der Waals surface area contributed by atoms with Crippen LogP contribution in [0.15, 0.2) is 59.6 Å². The van der Waals surface area contributed by atoms with E-state index in [1.807, 2.05) is 30.3 Å². The van der Waals surface area contributed by atoms with Crippen molar-refractivity contribution in [2.45, 2.75) is 13.0 Å². The van der Waals surface area contributed by atoms with Crippen LogP contribution in [0.5, 0.6) is 0 Å². The number of halogens is 2. The molecule has 154 valence electrons. The molecule has 0 aromatic heterocycles. The highest BCUT2D eigenvalue weighted by Gasteiger charge is 2.10. The molecule has 3 N–H and O–H groups in total. The molecule has 0 unspecified atom stereocenters. The second-order valence-electron chi connectivity index (χ2n) is 5.89. The van der Waals surface area contributed by atoms with Crippen molar-refractivity contribution in [1.29, 1.82) is 0 Å². The average molecular weight is 520 g/mol. The Morgan fingerprint density at radius 3 is 2.32 bits per heavy atom. The largest absolute Gasteiger partial charge is 0.356 e. The number of sulfonamides is 1. The molecule has 0 saturated heterocycles. The first kappa shape index (κ1) is 24.3. The fraction of sp³-hybridized carbons (Fsp3) is 0.316. The second kappa shape index (κ2) is 12.7. The lowest BCUT2D eigenvalue weighted by atomic mass is 10.1. The Morgan fingerprint density at radius 1 is 1.00 bits per heavy atom. The second-order valence-corrected chi connectivity index (χ2v) is 7.82. The Morgan fingerprint density at radius 2 is 1.64 bits per heavy atom. The maximum absolute atomic E-state index is 13.6. The van der Waals surface area contributed by atoms with Gasteiger partial charge in [0.25, 0.3) is 0 Å². The minimum atomic E-state index is -3.40. The molecule has 0 saturated carbocycles. The van der Waals surface area contributed by atoms with Gasteiger partial charge in [-0.15, -0.1) is 24.0 Å². The molecule has 0 heterocycles. The molecule has 0 fully saturated rings. The molecule has 0 aliphatic rings. The first-order valence-electron chi connectivity index (χ1n) is 8.69. The molecule has 0 atom stereocenters. The summed E-state index contributed by atoms with van der Waals surface area (Å²) in [7, 11) is -1.80. The third kappa shape index (κ3) is 8.98. The van der Waals surface area contributed by atoms with Crippen LogP contribution in [0.25, 0.3) is 0 Å². The molecule has 0 bridgehead atoms. The van der Waals surface area contributed by atoms with Gasteiger partial charge >= 0.3 is 0 Å². The number of benzene rings is 2. The third-order valence-corrected chi connectivity index (χ3v) is 5.20. The van der Waals surface area contributed by atoms with Crippen LogP contribution >= 0.6 is 24.0 Å². The number of hydrogen-bond donors (Lipinski definition) is 3. The highest BCUT2D eigenvalue weighted by atomic mass is 127. The molecule has 2 aromatic rings. The van der Waals surface area contributed by atoms with E-state index in [0.717, 1.165) is 5.56 Å². The van der Waals surface area contributed by atoms with Gasteiger partial charge in [-0.25, -0.2) is 17.5 Å². The van der Waals surface area contributed by atoms with Crippen LogP contribution in [-0.4, -0.2) is 40.3 Å². The fourth-order valence-corrected chi connectivity index (χ4v) is 3.30. The van der Waals surface area contributed by atoms with Crippen LogP contribution in [0.1, 0.15) is 11.1 Å². The first-order chi connectivity index (χ1) is 13.0. The molecule has 2 rings (SSSR count). The van der Waals surface area contributed by atoms with Crippen LogP contribution in [0.3, 0.4) is 0 Å². The summed E-state index contributed by atoms with van der Waals surface area (Å²) in [6.45, 7) is 0.960. The standard InChI is InChI=1S/C19H25FN4O2S.HI/c1-21-19(22-12-11-17-9-5-6-10-18(17)20)23-13-14-27(25,26)24-15-16-7-3-2-4-8-16;/h2-10,24H,11-15H2,1H3,(H2,21,22,23);1H. The SMILES string of the molecule is CN=C(NCCc1ccccc1F)NCCS(=O)(=O)NCc1ccccc1.I. The molecule has 0 amide bonds. The van der Waals surface area contributed by atoms with E-state index in [4.69, 9.17) is 0 Å². The molecule has 28 heavy (non-hydrogen) atoms. The summed E-state index contributed by atoms with van der Waals surface area (Å²) in [5.41, 5.74) is 1.52. The molecule has 0 aliphatic heterocycles. The lowest BCUT2D eigenvalue weighted by Crippen LogP contribution is -2.41. The number of rotatable bonds is 9. The van der Waals surface area contributed by atoms with Crippen molar-refractivity contribution in [3.05, 3.63) is 71.5 Å². The van der Waals surface area contributed by atoms with Crippen LogP contribution in [0.2, 0.25) is 0 Å². The van der Waals surface area contributed by atoms with Gasteiger partial charge in [0.2, 0.25) is 10.0 Å². The molecule has 0 spiro atoms. The minimum absolute atomic E-state index is 0. The van der Waals surface area contributed by atoms with Gasteiger partial charge in [0.15, 0.2) is 5.96 Å². The van der Waals surface area contributed by atoms with E-state index in [1.165, 1.54) is 6.07 Å². The van der Waals surface area contributed by atoms with Gasteiger partial charge in [0.05, 0.1) is 5.75 Å². The van der Waals surface area contributed by atoms with Crippen molar-refractivity contribution < 1.29 is 12.8 Å². The summed E-state index contributed by atoms with van der Waals surface area (Å²) < 4.78 is 40.3. The van der Waals surface area contributed by atoms with Crippen LogP contribution in [0, 0.1) is 5.82 Å². The molecule has 0 radical (unpaired) electrons. The van der Waals surface area contributed by atoms with Crippen molar-refractivity contribution in [2.75, 3.05) is 25.9 Å². The number of aliphatic imine (C=N–C) groups is 1. The van der Waals surface area contributed by atoms with Gasteiger partial charge in [-0.3, -0.25) is 4.99 Å². The lowest BCUT2D eigenvalue weighted by molar-refractivity contribution is 0.579. The zero-order valence-corrected chi connectivity index (χ0v) is 18.8. The summed E-state index contributed by atoms with van der Waals surface area (Å²) >= 11 is 0. The predicted octanol–water partition coefficient (Wildman–Crippen LogP) is 2.27. The summed E-state index contributed by atoms with van der Waals surface area (Å²) in [5.74, 6) is 0.163. The zero-order valence-electron chi connectivity index (χ0n) is 15.7. The predicted molar refractivity (Wildman–Crippen MR) is 122 cm³/mol. The summed E-state index contributed by atoms with van der Waals surface area (Å²) in [6.07, 6.45) is 0.504. The maximum atomic E-state index is 13.6. The first-order valence-corrected chi connectivity index (χ1v) is 10.3. The van der Waals surface area contributed by atoms with Gasteiger partial charge in [0, 0.05) is 26.7 Å². The number of hydrogen-bond acceptors (Lipinski definition) is 3. The molecule has 9 heteroatoms. The number of nitrogens with zero attached hydrogens (tertiary/aromatic N) is 1. The van der Waals surface area contributed by atoms with Crippen molar-refractivity contribution in [1.82, 2.24) is 15.4 Å². The van der Waals surface area contributed by atoms with Crippen LogP contribution in [0.4, 0.5) is 4.39 Å². The molecular formula is C19H26FIN4O2S. The Kier molecular flexibility index (Phi) is 11.0. The van der Waals surface area contributed by atoms with E-state index in [0.29, 0.717) is 24.5 Å². The zero-order chi connectivity index (χ0) is 19.5. The molecular weight excluding hydrogens is 494 g/mol. The molecule has 2 aromatic carbocycles.